The first-order valence-corrected chi connectivity index (χ1v) is 12.1. The monoisotopic (exact) mass is 484 g/mol. The molecular formula is C27H28N6O3. The maximum Gasteiger partial charge on any atom is 0.339 e. The van der Waals surface area contributed by atoms with Crippen LogP contribution in [0.4, 0.5) is 5.82 Å². The van der Waals surface area contributed by atoms with Crippen molar-refractivity contribution >= 4 is 28.7 Å². The molecule has 1 fully saturated rings. The fraction of sp³-hybridized carbons (Fsp3) is 0.296. The molecule has 1 saturated heterocycles. The van der Waals surface area contributed by atoms with Crippen LogP contribution < -0.4 is 4.90 Å². The van der Waals surface area contributed by atoms with Crippen molar-refractivity contribution in [3.8, 4) is 11.3 Å². The first-order chi connectivity index (χ1) is 17.5. The highest BCUT2D eigenvalue weighted by Gasteiger charge is 2.24. The number of hydrogen-bond acceptors (Lipinski definition) is 7. The third-order valence-electron chi connectivity index (χ3n) is 6.28. The minimum Gasteiger partial charge on any atom is -0.452 e. The Hall–Kier alpha value is -4.27. The van der Waals surface area contributed by atoms with Crippen LogP contribution >= 0.6 is 0 Å². The molecule has 4 heterocycles. The number of nitrogens with zero attached hydrogens (tertiary/aromatic N) is 6. The number of amides is 1. The van der Waals surface area contributed by atoms with Gasteiger partial charge in [-0.15, -0.1) is 0 Å². The van der Waals surface area contributed by atoms with Gasteiger partial charge in [-0.1, -0.05) is 36.4 Å². The van der Waals surface area contributed by atoms with E-state index in [0.29, 0.717) is 48.5 Å². The van der Waals surface area contributed by atoms with Crippen molar-refractivity contribution < 1.29 is 14.3 Å². The molecule has 4 aromatic rings. The number of benzene rings is 1. The molecule has 0 atom stereocenters. The zero-order valence-corrected chi connectivity index (χ0v) is 20.4. The number of aromatic nitrogens is 4. The lowest BCUT2D eigenvalue weighted by Crippen LogP contribution is -2.50. The van der Waals surface area contributed by atoms with Gasteiger partial charge in [0.1, 0.15) is 5.82 Å². The number of esters is 1. The molecule has 1 aliphatic heterocycles. The molecule has 36 heavy (non-hydrogen) atoms. The van der Waals surface area contributed by atoms with Crippen LogP contribution in [-0.2, 0) is 9.53 Å². The van der Waals surface area contributed by atoms with Gasteiger partial charge >= 0.3 is 5.97 Å². The van der Waals surface area contributed by atoms with Crippen molar-refractivity contribution in [3.05, 3.63) is 72.6 Å². The van der Waals surface area contributed by atoms with E-state index >= 15 is 0 Å². The van der Waals surface area contributed by atoms with Crippen LogP contribution in [0.3, 0.4) is 0 Å². The van der Waals surface area contributed by atoms with Crippen LogP contribution in [0, 0.1) is 0 Å². The van der Waals surface area contributed by atoms with Crippen molar-refractivity contribution in [2.75, 3.05) is 37.7 Å². The highest BCUT2D eigenvalue weighted by atomic mass is 16.5. The maximum atomic E-state index is 13.2. The van der Waals surface area contributed by atoms with Gasteiger partial charge in [0.15, 0.2) is 12.3 Å². The van der Waals surface area contributed by atoms with Crippen molar-refractivity contribution in [1.29, 1.82) is 0 Å². The third kappa shape index (κ3) is 4.77. The normalized spacial score (nSPS) is 13.9. The highest BCUT2D eigenvalue weighted by Crippen LogP contribution is 2.27. The predicted octanol–water partition coefficient (Wildman–Crippen LogP) is 3.58. The number of hydrogen-bond donors (Lipinski definition) is 0. The molecule has 0 saturated carbocycles. The molecule has 0 unspecified atom stereocenters. The molecule has 0 spiro atoms. The molecular weight excluding hydrogens is 456 g/mol. The minimum atomic E-state index is -0.566. The van der Waals surface area contributed by atoms with E-state index < -0.39 is 5.97 Å². The summed E-state index contributed by atoms with van der Waals surface area (Å²) in [6.45, 7) is 6.15. The second-order valence-corrected chi connectivity index (χ2v) is 8.97. The zero-order valence-electron chi connectivity index (χ0n) is 20.4. The van der Waals surface area contributed by atoms with E-state index in [2.05, 4.69) is 15.0 Å². The van der Waals surface area contributed by atoms with Gasteiger partial charge in [0.2, 0.25) is 0 Å². The molecule has 184 valence electrons. The number of piperazine rings is 1. The van der Waals surface area contributed by atoms with E-state index in [-0.39, 0.29) is 18.6 Å². The number of anilines is 1. The summed E-state index contributed by atoms with van der Waals surface area (Å²) in [6.07, 6.45) is 3.39. The molecule has 9 nitrogen and oxygen atoms in total. The van der Waals surface area contributed by atoms with Gasteiger partial charge < -0.3 is 14.5 Å². The predicted molar refractivity (Wildman–Crippen MR) is 137 cm³/mol. The molecule has 1 amide bonds. The van der Waals surface area contributed by atoms with E-state index in [9.17, 15) is 9.59 Å². The molecule has 3 aromatic heterocycles. The van der Waals surface area contributed by atoms with Crippen LogP contribution in [0.5, 0.6) is 0 Å². The van der Waals surface area contributed by atoms with Crippen molar-refractivity contribution in [2.45, 2.75) is 19.9 Å². The summed E-state index contributed by atoms with van der Waals surface area (Å²) in [5.74, 6) is 0.118. The smallest absolute Gasteiger partial charge is 0.339 e. The highest BCUT2D eigenvalue weighted by molar-refractivity contribution is 6.04. The fourth-order valence-electron chi connectivity index (χ4n) is 4.34. The molecule has 0 radical (unpaired) electrons. The van der Waals surface area contributed by atoms with Crippen molar-refractivity contribution in [2.24, 2.45) is 0 Å². The molecule has 0 aliphatic carbocycles. The van der Waals surface area contributed by atoms with Crippen LogP contribution in [0.15, 0.2) is 67.0 Å². The van der Waals surface area contributed by atoms with E-state index in [4.69, 9.17) is 9.72 Å². The van der Waals surface area contributed by atoms with E-state index in [0.717, 1.165) is 11.4 Å². The summed E-state index contributed by atoms with van der Waals surface area (Å²) in [5.41, 5.74) is 2.48. The average Bonchev–Trinajstić information content (AvgIpc) is 3.36. The summed E-state index contributed by atoms with van der Waals surface area (Å²) in [5, 5.41) is 5.04. The van der Waals surface area contributed by atoms with Crippen LogP contribution in [0.1, 0.15) is 30.2 Å². The molecule has 1 aliphatic rings. The first-order valence-electron chi connectivity index (χ1n) is 12.1. The Labute approximate surface area is 209 Å². The second kappa shape index (κ2) is 10.2. The Morgan fingerprint density at radius 3 is 2.44 bits per heavy atom. The Bertz CT molecular complexity index is 1360. The average molecular weight is 485 g/mol. The molecule has 1 aromatic carbocycles. The standard InChI is InChI=1S/C27H28N6O3/c1-19(2)33-26-22(17-29-33)21(16-23(30-26)20-8-4-3-5-9-20)27(35)36-18-25(34)32-14-12-31(13-15-32)24-10-6-7-11-28-24/h3-11,16-17,19H,12-15,18H2,1-2H3. The lowest BCUT2D eigenvalue weighted by molar-refractivity contribution is -0.134. The van der Waals surface area contributed by atoms with Crippen LogP contribution in [-0.4, -0.2) is 69.3 Å². The van der Waals surface area contributed by atoms with Gasteiger partial charge in [0, 0.05) is 44.0 Å². The number of rotatable bonds is 6. The number of pyridine rings is 2. The van der Waals surface area contributed by atoms with Crippen molar-refractivity contribution in [1.82, 2.24) is 24.6 Å². The summed E-state index contributed by atoms with van der Waals surface area (Å²) < 4.78 is 7.28. The lowest BCUT2D eigenvalue weighted by atomic mass is 10.1. The first kappa shape index (κ1) is 23.5. The number of ether oxygens (including phenoxy) is 1. The number of fused-ring (bicyclic) bond motifs is 1. The van der Waals surface area contributed by atoms with Crippen LogP contribution in [0.25, 0.3) is 22.3 Å². The Balaban J connectivity index is 1.30. The summed E-state index contributed by atoms with van der Waals surface area (Å²) >= 11 is 0. The largest absolute Gasteiger partial charge is 0.452 e. The van der Waals surface area contributed by atoms with Gasteiger partial charge in [0.25, 0.3) is 5.91 Å². The topological polar surface area (TPSA) is 93.5 Å². The minimum absolute atomic E-state index is 0.0659. The summed E-state index contributed by atoms with van der Waals surface area (Å²) in [6, 6.07) is 17.2. The zero-order chi connectivity index (χ0) is 25.1. The third-order valence-corrected chi connectivity index (χ3v) is 6.28. The van der Waals surface area contributed by atoms with Gasteiger partial charge in [0.05, 0.1) is 22.8 Å². The van der Waals surface area contributed by atoms with Gasteiger partial charge in [-0.2, -0.15) is 5.10 Å². The quantitative estimate of drug-likeness (QED) is 0.386. The molecule has 0 bridgehead atoms. The second-order valence-electron chi connectivity index (χ2n) is 8.97. The van der Waals surface area contributed by atoms with E-state index in [1.165, 1.54) is 0 Å². The van der Waals surface area contributed by atoms with Gasteiger partial charge in [-0.05, 0) is 32.0 Å². The van der Waals surface area contributed by atoms with Gasteiger partial charge in [-0.25, -0.2) is 19.4 Å². The summed E-state index contributed by atoms with van der Waals surface area (Å²) in [4.78, 5) is 39.0. The molecule has 9 heteroatoms. The molecule has 5 rings (SSSR count). The molecule has 0 N–H and O–H groups in total. The Morgan fingerprint density at radius 2 is 1.75 bits per heavy atom. The van der Waals surface area contributed by atoms with E-state index in [1.54, 1.807) is 28.0 Å². The SMILES string of the molecule is CC(C)n1ncc2c(C(=O)OCC(=O)N3CCN(c4ccccn4)CC3)cc(-c3ccccc3)nc21. The number of carbonyl (C=O) groups excluding carboxylic acids is 2. The lowest BCUT2D eigenvalue weighted by Gasteiger charge is -2.35. The fourth-order valence-corrected chi connectivity index (χ4v) is 4.34. The Kier molecular flexibility index (Phi) is 6.62. The van der Waals surface area contributed by atoms with Crippen molar-refractivity contribution in [3.63, 3.8) is 0 Å². The summed E-state index contributed by atoms with van der Waals surface area (Å²) in [7, 11) is 0. The Morgan fingerprint density at radius 1 is 1.00 bits per heavy atom. The van der Waals surface area contributed by atoms with Crippen LogP contribution in [0.2, 0.25) is 0 Å². The number of carbonyl (C=O) groups is 2. The van der Waals surface area contributed by atoms with Gasteiger partial charge in [-0.3, -0.25) is 4.79 Å². The maximum absolute atomic E-state index is 13.2. The van der Waals surface area contributed by atoms with E-state index in [1.807, 2.05) is 62.4 Å².